The number of aromatic hydroxyl groups is 1. The van der Waals surface area contributed by atoms with Crippen LogP contribution in [0.1, 0.15) is 69.4 Å². The van der Waals surface area contributed by atoms with E-state index in [1.807, 2.05) is 12.1 Å². The first-order valence-electron chi connectivity index (χ1n) is 9.66. The molecule has 23 heavy (non-hydrogen) atoms. The molecule has 4 unspecified atom stereocenters. The minimum atomic E-state index is -0.0967. The average Bonchev–Trinajstić information content (AvgIpc) is 2.94. The molecule has 0 spiro atoms. The van der Waals surface area contributed by atoms with Crippen LogP contribution < -0.4 is 0 Å². The van der Waals surface area contributed by atoms with Crippen molar-refractivity contribution in [1.82, 2.24) is 0 Å². The fourth-order valence-electron chi connectivity index (χ4n) is 4.93. The van der Waals surface area contributed by atoms with E-state index in [0.29, 0.717) is 5.75 Å². The minimum absolute atomic E-state index is 0.0967. The Morgan fingerprint density at radius 3 is 2.83 bits per heavy atom. The highest BCUT2D eigenvalue weighted by molar-refractivity contribution is 5.41. The number of benzene rings is 1. The molecule has 1 saturated carbocycles. The van der Waals surface area contributed by atoms with Crippen LogP contribution in [0.15, 0.2) is 18.2 Å². The van der Waals surface area contributed by atoms with Crippen molar-refractivity contribution >= 4 is 0 Å². The molecule has 1 fully saturated rings. The first-order chi connectivity index (χ1) is 11.2. The fourth-order valence-corrected chi connectivity index (χ4v) is 4.93. The van der Waals surface area contributed by atoms with Crippen molar-refractivity contribution in [1.29, 1.82) is 0 Å². The summed E-state index contributed by atoms with van der Waals surface area (Å²) >= 11 is 0. The Morgan fingerprint density at radius 2 is 2.00 bits per heavy atom. The summed E-state index contributed by atoms with van der Waals surface area (Å²) in [6.07, 6.45) is 11.5. The Bertz CT molecular complexity index is 511. The maximum atomic E-state index is 10.2. The first kappa shape index (κ1) is 16.8. The van der Waals surface area contributed by atoms with Crippen molar-refractivity contribution in [2.24, 2.45) is 17.8 Å². The second-order valence-electron chi connectivity index (χ2n) is 7.81. The molecule has 0 heterocycles. The summed E-state index contributed by atoms with van der Waals surface area (Å²) < 4.78 is 0. The molecule has 2 N–H and O–H groups in total. The van der Waals surface area contributed by atoms with Gasteiger partial charge in [-0.15, -0.1) is 0 Å². The average molecular weight is 316 g/mol. The van der Waals surface area contributed by atoms with Crippen molar-refractivity contribution < 1.29 is 10.2 Å². The molecule has 2 aliphatic rings. The van der Waals surface area contributed by atoms with Crippen molar-refractivity contribution in [2.75, 3.05) is 0 Å². The molecule has 0 bridgehead atoms. The highest BCUT2D eigenvalue weighted by Gasteiger charge is 2.39. The standard InChI is InChI=1S/C21H32O2/c1-2-3-4-7-18(22)12-11-15-9-10-17-14-20-16(13-19(15)17)6-5-8-21(20)23/h5-6,8,15,17-19,22-23H,2-4,7,9-14H2,1H3. The van der Waals surface area contributed by atoms with Gasteiger partial charge in [0.05, 0.1) is 6.10 Å². The normalized spacial score (nSPS) is 27.5. The Hall–Kier alpha value is -1.02. The van der Waals surface area contributed by atoms with Crippen LogP contribution in [0.3, 0.4) is 0 Å². The van der Waals surface area contributed by atoms with Crippen molar-refractivity contribution in [3.8, 4) is 5.75 Å². The molecule has 2 nitrogen and oxygen atoms in total. The summed E-state index contributed by atoms with van der Waals surface area (Å²) in [4.78, 5) is 0. The van der Waals surface area contributed by atoms with E-state index in [-0.39, 0.29) is 6.10 Å². The number of aliphatic hydroxyl groups excluding tert-OH is 1. The lowest BCUT2D eigenvalue weighted by Gasteiger charge is -2.32. The quantitative estimate of drug-likeness (QED) is 0.706. The van der Waals surface area contributed by atoms with Crippen LogP contribution in [-0.2, 0) is 12.8 Å². The van der Waals surface area contributed by atoms with Gasteiger partial charge in [0.2, 0.25) is 0 Å². The largest absolute Gasteiger partial charge is 0.508 e. The summed E-state index contributed by atoms with van der Waals surface area (Å²) in [6, 6.07) is 6.01. The zero-order valence-electron chi connectivity index (χ0n) is 14.5. The molecule has 1 aromatic carbocycles. The van der Waals surface area contributed by atoms with Crippen LogP contribution >= 0.6 is 0 Å². The van der Waals surface area contributed by atoms with Crippen LogP contribution in [0.25, 0.3) is 0 Å². The zero-order chi connectivity index (χ0) is 16.2. The molecule has 3 rings (SSSR count). The molecular weight excluding hydrogens is 284 g/mol. The lowest BCUT2D eigenvalue weighted by atomic mass is 9.73. The van der Waals surface area contributed by atoms with Gasteiger partial charge in [-0.3, -0.25) is 0 Å². The van der Waals surface area contributed by atoms with Crippen LogP contribution in [0.2, 0.25) is 0 Å². The van der Waals surface area contributed by atoms with Gasteiger partial charge in [0.25, 0.3) is 0 Å². The van der Waals surface area contributed by atoms with E-state index in [4.69, 9.17) is 0 Å². The van der Waals surface area contributed by atoms with Gasteiger partial charge < -0.3 is 10.2 Å². The summed E-state index contributed by atoms with van der Waals surface area (Å²) in [7, 11) is 0. The van der Waals surface area contributed by atoms with E-state index in [1.165, 1.54) is 49.7 Å². The van der Waals surface area contributed by atoms with Crippen LogP contribution in [0, 0.1) is 17.8 Å². The van der Waals surface area contributed by atoms with E-state index >= 15 is 0 Å². The summed E-state index contributed by atoms with van der Waals surface area (Å²) in [5, 5.41) is 20.3. The van der Waals surface area contributed by atoms with Crippen molar-refractivity contribution in [2.45, 2.75) is 77.2 Å². The molecule has 1 aromatic rings. The van der Waals surface area contributed by atoms with Crippen LogP contribution in [0.4, 0.5) is 0 Å². The fraction of sp³-hybridized carbons (Fsp3) is 0.714. The number of fused-ring (bicyclic) bond motifs is 2. The van der Waals surface area contributed by atoms with Crippen LogP contribution in [-0.4, -0.2) is 16.3 Å². The topological polar surface area (TPSA) is 40.5 Å². The number of unbranched alkanes of at least 4 members (excludes halogenated alkanes) is 2. The van der Waals surface area contributed by atoms with E-state index in [9.17, 15) is 10.2 Å². The molecule has 0 aromatic heterocycles. The van der Waals surface area contributed by atoms with Gasteiger partial charge in [0.1, 0.15) is 5.75 Å². The van der Waals surface area contributed by atoms with Crippen LogP contribution in [0.5, 0.6) is 5.75 Å². The number of rotatable bonds is 7. The number of hydrogen-bond donors (Lipinski definition) is 2. The molecule has 2 aliphatic carbocycles. The van der Waals surface area contributed by atoms with Gasteiger partial charge in [0.15, 0.2) is 0 Å². The lowest BCUT2D eigenvalue weighted by molar-refractivity contribution is 0.135. The number of phenolic OH excluding ortho intramolecular Hbond substituents is 1. The van der Waals surface area contributed by atoms with Gasteiger partial charge in [-0.1, -0.05) is 38.3 Å². The summed E-state index contributed by atoms with van der Waals surface area (Å²) in [6.45, 7) is 2.21. The molecule has 0 aliphatic heterocycles. The predicted octanol–water partition coefficient (Wildman–Crippen LogP) is 4.85. The SMILES string of the molecule is CCCCCC(O)CCC1CCC2Cc3c(O)cccc3CC12. The van der Waals surface area contributed by atoms with Gasteiger partial charge >= 0.3 is 0 Å². The Morgan fingerprint density at radius 1 is 1.13 bits per heavy atom. The van der Waals surface area contributed by atoms with Gasteiger partial charge in [-0.25, -0.2) is 0 Å². The summed E-state index contributed by atoms with van der Waals surface area (Å²) in [5.41, 5.74) is 2.57. The monoisotopic (exact) mass is 316 g/mol. The van der Waals surface area contributed by atoms with E-state index in [0.717, 1.165) is 43.4 Å². The highest BCUT2D eigenvalue weighted by Crippen LogP contribution is 2.48. The second-order valence-corrected chi connectivity index (χ2v) is 7.81. The molecule has 2 heteroatoms. The third-order valence-electron chi connectivity index (χ3n) is 6.30. The number of hydrogen-bond acceptors (Lipinski definition) is 2. The Kier molecular flexibility index (Phi) is 5.63. The van der Waals surface area contributed by atoms with Crippen molar-refractivity contribution in [3.05, 3.63) is 29.3 Å². The third kappa shape index (κ3) is 3.91. The molecule has 128 valence electrons. The second kappa shape index (κ2) is 7.70. The third-order valence-corrected chi connectivity index (χ3v) is 6.30. The maximum Gasteiger partial charge on any atom is 0.119 e. The minimum Gasteiger partial charge on any atom is -0.508 e. The molecular formula is C21H32O2. The number of aliphatic hydroxyl groups is 1. The predicted molar refractivity (Wildman–Crippen MR) is 94.6 cm³/mol. The first-order valence-corrected chi connectivity index (χ1v) is 9.66. The molecule has 4 atom stereocenters. The van der Waals surface area contributed by atoms with E-state index < -0.39 is 0 Å². The lowest BCUT2D eigenvalue weighted by Crippen LogP contribution is -2.25. The maximum absolute atomic E-state index is 10.2. The van der Waals surface area contributed by atoms with Gasteiger partial charge in [-0.2, -0.15) is 0 Å². The molecule has 0 radical (unpaired) electrons. The summed E-state index contributed by atoms with van der Waals surface area (Å²) in [5.74, 6) is 2.79. The molecule has 0 saturated heterocycles. The highest BCUT2D eigenvalue weighted by atomic mass is 16.3. The Balaban J connectivity index is 1.54. The van der Waals surface area contributed by atoms with Gasteiger partial charge in [0, 0.05) is 0 Å². The number of phenols is 1. The Labute approximate surface area is 140 Å². The van der Waals surface area contributed by atoms with E-state index in [2.05, 4.69) is 13.0 Å². The van der Waals surface area contributed by atoms with Gasteiger partial charge in [-0.05, 0) is 79.9 Å². The van der Waals surface area contributed by atoms with Crippen molar-refractivity contribution in [3.63, 3.8) is 0 Å². The van der Waals surface area contributed by atoms with E-state index in [1.54, 1.807) is 0 Å². The molecule has 0 amide bonds. The smallest absolute Gasteiger partial charge is 0.119 e. The zero-order valence-corrected chi connectivity index (χ0v) is 14.5.